The molecule has 0 spiro atoms. The summed E-state index contributed by atoms with van der Waals surface area (Å²) in [5, 5.41) is 51.5. The van der Waals surface area contributed by atoms with Crippen LogP contribution >= 0.6 is 0 Å². The van der Waals surface area contributed by atoms with Gasteiger partial charge in [-0.1, -0.05) is 13.8 Å². The maximum absolute atomic E-state index is 13.5. The molecule has 0 aliphatic carbocycles. The van der Waals surface area contributed by atoms with Crippen molar-refractivity contribution in [3.63, 3.8) is 0 Å². The van der Waals surface area contributed by atoms with Gasteiger partial charge in [0.1, 0.15) is 30.7 Å². The summed E-state index contributed by atoms with van der Waals surface area (Å²) >= 11 is 0. The normalized spacial score (nSPS) is 28.5. The second-order valence-corrected chi connectivity index (χ2v) is 10.4. The van der Waals surface area contributed by atoms with Crippen LogP contribution in [0.5, 0.6) is 5.75 Å². The van der Waals surface area contributed by atoms with Crippen LogP contribution in [0.2, 0.25) is 0 Å². The number of aromatic nitrogens is 2. The molecule has 1 aromatic carbocycles. The van der Waals surface area contributed by atoms with Crippen LogP contribution in [0.1, 0.15) is 42.5 Å². The summed E-state index contributed by atoms with van der Waals surface area (Å²) in [6.07, 6.45) is -8.16. The Bertz CT molecular complexity index is 1670. The van der Waals surface area contributed by atoms with E-state index in [2.05, 4.69) is 0 Å². The first kappa shape index (κ1) is 27.3. The van der Waals surface area contributed by atoms with Gasteiger partial charge in [0, 0.05) is 16.5 Å². The lowest BCUT2D eigenvalue weighted by Crippen LogP contribution is -2.61. The summed E-state index contributed by atoms with van der Waals surface area (Å²) < 4.78 is 17.6. The van der Waals surface area contributed by atoms with Crippen molar-refractivity contribution in [1.29, 1.82) is 0 Å². The minimum absolute atomic E-state index is 0.0331. The van der Waals surface area contributed by atoms with Gasteiger partial charge in [-0.05, 0) is 42.7 Å². The van der Waals surface area contributed by atoms with Gasteiger partial charge < -0.3 is 44.3 Å². The molecule has 0 saturated carbocycles. The first-order valence-corrected chi connectivity index (χ1v) is 13.2. The Morgan fingerprint density at radius 3 is 2.56 bits per heavy atom. The fraction of sp³-hybridized carbons (Fsp3) is 0.429. The molecule has 1 fully saturated rings. The fourth-order valence-corrected chi connectivity index (χ4v) is 5.90. The summed E-state index contributed by atoms with van der Waals surface area (Å²) in [4.78, 5) is 42.2. The van der Waals surface area contributed by atoms with E-state index in [9.17, 15) is 39.9 Å². The number of esters is 1. The lowest BCUT2D eigenvalue weighted by Gasteiger charge is -2.38. The minimum Gasteiger partial charge on any atom is -0.479 e. The Labute approximate surface area is 232 Å². The molecule has 6 atom stereocenters. The monoisotopic (exact) mass is 568 g/mol. The van der Waals surface area contributed by atoms with Crippen LogP contribution in [0, 0.1) is 0 Å². The number of benzene rings is 1. The van der Waals surface area contributed by atoms with Crippen molar-refractivity contribution >= 4 is 22.8 Å². The number of carboxylic acid groups (broad SMARTS) is 1. The standard InChI is InChI=1S/C28H28N2O11/c1-3-12-13-7-11(40-26-22(33)20(31)21(32)23(41-26)25(35)36)5-6-17(13)29-19-14(12)9-30-18(19)8-16-15(24(30)34)10-39-27(37)28(16,38)4-2/h5-8,20-23,26,31-33,38H,3-4,9-10H2,1-2H3,(H,35,36)/t20-,21-,22+,23-,26?,28?/m0/s1. The molecule has 0 bridgehead atoms. The van der Waals surface area contributed by atoms with Crippen molar-refractivity contribution in [1.82, 2.24) is 9.55 Å². The number of aliphatic carboxylic acids is 1. The van der Waals surface area contributed by atoms with Crippen molar-refractivity contribution in [2.75, 3.05) is 0 Å². The van der Waals surface area contributed by atoms with E-state index in [0.29, 0.717) is 28.7 Å². The Hall–Kier alpha value is -3.88. The van der Waals surface area contributed by atoms with Crippen molar-refractivity contribution < 1.29 is 49.3 Å². The zero-order valence-electron chi connectivity index (χ0n) is 22.1. The predicted octanol–water partition coefficient (Wildman–Crippen LogP) is -0.0870. The van der Waals surface area contributed by atoms with Crippen LogP contribution in [0.15, 0.2) is 29.1 Å². The van der Waals surface area contributed by atoms with Crippen LogP contribution in [0.3, 0.4) is 0 Å². The van der Waals surface area contributed by atoms with E-state index in [1.165, 1.54) is 6.07 Å². The van der Waals surface area contributed by atoms with Gasteiger partial charge >= 0.3 is 11.9 Å². The molecule has 2 unspecified atom stereocenters. The number of carbonyl (C=O) groups is 2. The number of hydrogen-bond donors (Lipinski definition) is 5. The van der Waals surface area contributed by atoms with Gasteiger partial charge in [-0.3, -0.25) is 4.79 Å². The van der Waals surface area contributed by atoms with E-state index in [0.717, 1.165) is 11.1 Å². The Kier molecular flexibility index (Phi) is 6.39. The quantitative estimate of drug-likeness (QED) is 0.201. The molecule has 5 N–H and O–H groups in total. The molecule has 3 aliphatic heterocycles. The maximum Gasteiger partial charge on any atom is 0.343 e. The highest BCUT2D eigenvalue weighted by atomic mass is 16.7. The third-order valence-corrected chi connectivity index (χ3v) is 8.20. The second kappa shape index (κ2) is 9.60. The lowest BCUT2D eigenvalue weighted by molar-refractivity contribution is -0.271. The number of nitrogens with zero attached hydrogens (tertiary/aromatic N) is 2. The summed E-state index contributed by atoms with van der Waals surface area (Å²) in [7, 11) is 0. The highest BCUT2D eigenvalue weighted by molar-refractivity contribution is 5.90. The van der Waals surface area contributed by atoms with Gasteiger partial charge in [0.05, 0.1) is 29.0 Å². The summed E-state index contributed by atoms with van der Waals surface area (Å²) in [5.74, 6) is -2.13. The van der Waals surface area contributed by atoms with Crippen LogP contribution < -0.4 is 10.3 Å². The Balaban J connectivity index is 1.42. The van der Waals surface area contributed by atoms with Crippen LogP contribution in [-0.4, -0.2) is 77.7 Å². The largest absolute Gasteiger partial charge is 0.479 e. The third-order valence-electron chi connectivity index (χ3n) is 8.20. The molecular formula is C28H28N2O11. The van der Waals surface area contributed by atoms with Crippen molar-refractivity contribution in [2.45, 2.75) is 76.1 Å². The molecule has 3 aliphatic rings. The van der Waals surface area contributed by atoms with Gasteiger partial charge in [-0.2, -0.15) is 0 Å². The first-order valence-electron chi connectivity index (χ1n) is 13.2. The van der Waals surface area contributed by atoms with Gasteiger partial charge in [0.2, 0.25) is 6.29 Å². The van der Waals surface area contributed by atoms with E-state index in [1.807, 2.05) is 6.92 Å². The third kappa shape index (κ3) is 3.95. The number of pyridine rings is 2. The Morgan fingerprint density at radius 2 is 1.88 bits per heavy atom. The van der Waals surface area contributed by atoms with Gasteiger partial charge in [0.25, 0.3) is 5.56 Å². The number of carboxylic acids is 1. The molecule has 3 aromatic rings. The second-order valence-electron chi connectivity index (χ2n) is 10.4. The number of cyclic esters (lactones) is 1. The van der Waals surface area contributed by atoms with Crippen molar-refractivity contribution in [3.05, 3.63) is 56.9 Å². The molecular weight excluding hydrogens is 540 g/mol. The molecule has 0 radical (unpaired) electrons. The van der Waals surface area contributed by atoms with E-state index in [1.54, 1.807) is 29.7 Å². The molecule has 1 saturated heterocycles. The van der Waals surface area contributed by atoms with Crippen molar-refractivity contribution in [3.8, 4) is 17.1 Å². The summed E-state index contributed by atoms with van der Waals surface area (Å²) in [6.45, 7) is 3.55. The lowest BCUT2D eigenvalue weighted by atomic mass is 9.86. The molecule has 5 heterocycles. The molecule has 0 amide bonds. The van der Waals surface area contributed by atoms with E-state index >= 15 is 0 Å². The number of hydrogen-bond acceptors (Lipinski definition) is 11. The van der Waals surface area contributed by atoms with Crippen molar-refractivity contribution in [2.24, 2.45) is 0 Å². The van der Waals surface area contributed by atoms with Gasteiger partial charge in [-0.25, -0.2) is 14.6 Å². The van der Waals surface area contributed by atoms with Gasteiger partial charge in [0.15, 0.2) is 11.7 Å². The van der Waals surface area contributed by atoms with E-state index in [-0.39, 0.29) is 42.0 Å². The zero-order chi connectivity index (χ0) is 29.4. The molecule has 41 heavy (non-hydrogen) atoms. The Morgan fingerprint density at radius 1 is 1.12 bits per heavy atom. The highest BCUT2D eigenvalue weighted by Gasteiger charge is 2.48. The number of aryl methyl sites for hydroxylation is 1. The average molecular weight is 569 g/mol. The van der Waals surface area contributed by atoms with Gasteiger partial charge in [-0.15, -0.1) is 0 Å². The minimum atomic E-state index is -1.93. The number of carbonyl (C=O) groups excluding carboxylic acids is 1. The number of fused-ring (bicyclic) bond motifs is 5. The number of ether oxygens (including phenoxy) is 3. The fourth-order valence-electron chi connectivity index (χ4n) is 5.90. The van der Waals surface area contributed by atoms with E-state index < -0.39 is 48.2 Å². The maximum atomic E-state index is 13.5. The van der Waals surface area contributed by atoms with E-state index in [4.69, 9.17) is 19.2 Å². The topological polar surface area (TPSA) is 198 Å². The van der Waals surface area contributed by atoms with Crippen LogP contribution in [0.4, 0.5) is 0 Å². The number of rotatable bonds is 5. The summed E-state index contributed by atoms with van der Waals surface area (Å²) in [5.41, 5.74) is 1.37. The zero-order valence-corrected chi connectivity index (χ0v) is 22.1. The highest BCUT2D eigenvalue weighted by Crippen LogP contribution is 2.41. The molecule has 216 valence electrons. The van der Waals surface area contributed by atoms with Crippen LogP contribution in [-0.2, 0) is 44.2 Å². The van der Waals surface area contributed by atoms with Crippen LogP contribution in [0.25, 0.3) is 22.3 Å². The first-order chi connectivity index (χ1) is 19.5. The average Bonchev–Trinajstić information content (AvgIpc) is 3.32. The number of aliphatic hydroxyl groups excluding tert-OH is 3. The molecule has 13 nitrogen and oxygen atoms in total. The predicted molar refractivity (Wildman–Crippen MR) is 139 cm³/mol. The molecule has 13 heteroatoms. The molecule has 2 aromatic heterocycles. The molecule has 6 rings (SSSR count). The number of aliphatic hydroxyl groups is 4. The summed E-state index contributed by atoms with van der Waals surface area (Å²) in [6, 6.07) is 6.47. The smallest absolute Gasteiger partial charge is 0.343 e. The SMILES string of the molecule is CCc1c2c(nc3ccc(OC4O[C@H](C(=O)O)[C@@H](O)[C@H](O)[C@H]4O)cc13)-c1cc3c(c(=O)n1C2)COC(=O)C3(O)CC.